The van der Waals surface area contributed by atoms with E-state index in [4.69, 9.17) is 0 Å². The maximum absolute atomic E-state index is 13.0. The molecule has 0 aromatic carbocycles. The van der Waals surface area contributed by atoms with Gasteiger partial charge in [0.25, 0.3) is 0 Å². The molecule has 0 bridgehead atoms. The minimum Gasteiger partial charge on any atom is -0.395 e. The van der Waals surface area contributed by atoms with E-state index in [0.29, 0.717) is 5.92 Å². The Labute approximate surface area is 95.7 Å². The van der Waals surface area contributed by atoms with Crippen LogP contribution in [0.2, 0.25) is 0 Å². The molecule has 0 saturated heterocycles. The molecular formula is C12H19FN2O. The van der Waals surface area contributed by atoms with Crippen molar-refractivity contribution in [3.05, 3.63) is 29.8 Å². The molecule has 1 rings (SSSR count). The fraction of sp³-hybridized carbons (Fsp3) is 0.583. The zero-order valence-corrected chi connectivity index (χ0v) is 9.94. The Balaban J connectivity index is 2.67. The van der Waals surface area contributed by atoms with Crippen LogP contribution in [0.3, 0.4) is 0 Å². The van der Waals surface area contributed by atoms with E-state index >= 15 is 0 Å². The normalized spacial score (nSPS) is 15.1. The number of hydrogen-bond acceptors (Lipinski definition) is 3. The van der Waals surface area contributed by atoms with Crippen LogP contribution in [-0.4, -0.2) is 22.7 Å². The van der Waals surface area contributed by atoms with Crippen LogP contribution in [-0.2, 0) is 0 Å². The van der Waals surface area contributed by atoms with E-state index < -0.39 is 0 Å². The minimum absolute atomic E-state index is 0.0123. The van der Waals surface area contributed by atoms with Gasteiger partial charge in [-0.1, -0.05) is 13.8 Å². The van der Waals surface area contributed by atoms with Crippen LogP contribution in [0.15, 0.2) is 18.5 Å². The van der Waals surface area contributed by atoms with Crippen molar-refractivity contribution in [2.24, 2.45) is 5.92 Å². The molecule has 2 N–H and O–H groups in total. The van der Waals surface area contributed by atoms with Gasteiger partial charge in [-0.05, 0) is 24.5 Å². The third-order valence-corrected chi connectivity index (χ3v) is 2.69. The Morgan fingerprint density at radius 1 is 1.38 bits per heavy atom. The van der Waals surface area contributed by atoms with Gasteiger partial charge in [-0.2, -0.15) is 0 Å². The fourth-order valence-electron chi connectivity index (χ4n) is 1.54. The zero-order valence-electron chi connectivity index (χ0n) is 9.94. The van der Waals surface area contributed by atoms with E-state index in [1.54, 1.807) is 6.20 Å². The first kappa shape index (κ1) is 13.1. The second kappa shape index (κ2) is 5.92. The van der Waals surface area contributed by atoms with E-state index in [0.717, 1.165) is 5.56 Å². The molecule has 0 spiro atoms. The third-order valence-electron chi connectivity index (χ3n) is 2.69. The lowest BCUT2D eigenvalue weighted by molar-refractivity contribution is 0.201. The molecule has 0 aliphatic heterocycles. The number of rotatable bonds is 5. The molecule has 16 heavy (non-hydrogen) atoms. The summed E-state index contributed by atoms with van der Waals surface area (Å²) < 4.78 is 13.0. The molecule has 1 aromatic heterocycles. The van der Waals surface area contributed by atoms with Crippen LogP contribution in [0.25, 0.3) is 0 Å². The first-order valence-corrected chi connectivity index (χ1v) is 5.52. The molecule has 0 saturated carbocycles. The van der Waals surface area contributed by atoms with E-state index in [9.17, 15) is 9.50 Å². The number of aromatic nitrogens is 1. The summed E-state index contributed by atoms with van der Waals surface area (Å²) in [5.74, 6) is -0.00906. The van der Waals surface area contributed by atoms with Gasteiger partial charge in [-0.15, -0.1) is 0 Å². The van der Waals surface area contributed by atoms with Crippen molar-refractivity contribution in [2.45, 2.75) is 32.9 Å². The van der Waals surface area contributed by atoms with Gasteiger partial charge in [0.1, 0.15) is 5.82 Å². The van der Waals surface area contributed by atoms with Gasteiger partial charge >= 0.3 is 0 Å². The average Bonchev–Trinajstić information content (AvgIpc) is 2.25. The Kier molecular flexibility index (Phi) is 4.83. The van der Waals surface area contributed by atoms with Gasteiger partial charge in [-0.3, -0.25) is 4.98 Å². The zero-order chi connectivity index (χ0) is 12.1. The number of halogens is 1. The second-order valence-corrected chi connectivity index (χ2v) is 4.36. The molecule has 0 aliphatic rings. The number of hydrogen-bond donors (Lipinski definition) is 2. The molecule has 0 aliphatic carbocycles. The first-order valence-electron chi connectivity index (χ1n) is 5.52. The monoisotopic (exact) mass is 226 g/mol. The van der Waals surface area contributed by atoms with Gasteiger partial charge in [0.2, 0.25) is 0 Å². The van der Waals surface area contributed by atoms with Gasteiger partial charge in [0.05, 0.1) is 12.8 Å². The van der Waals surface area contributed by atoms with Gasteiger partial charge in [0, 0.05) is 18.3 Å². The molecule has 3 nitrogen and oxygen atoms in total. The summed E-state index contributed by atoms with van der Waals surface area (Å²) in [5, 5.41) is 12.4. The van der Waals surface area contributed by atoms with E-state index in [1.807, 2.05) is 20.8 Å². The summed E-state index contributed by atoms with van der Waals surface area (Å²) in [6.07, 6.45) is 2.82. The molecule has 0 radical (unpaired) electrons. The molecular weight excluding hydrogens is 207 g/mol. The van der Waals surface area contributed by atoms with Gasteiger partial charge in [-0.25, -0.2) is 4.39 Å². The number of aliphatic hydroxyl groups is 1. The topological polar surface area (TPSA) is 45.1 Å². The van der Waals surface area contributed by atoms with Crippen LogP contribution in [0, 0.1) is 11.7 Å². The standard InChI is InChI=1S/C12H19FN2O/c1-8(2)12(7-16)15-9(3)10-4-11(13)6-14-5-10/h4-6,8-9,12,15-16H,7H2,1-3H3/t9?,12-/m1/s1. The summed E-state index contributed by atoms with van der Waals surface area (Å²) in [6.45, 7) is 6.07. The quantitative estimate of drug-likeness (QED) is 0.806. The molecule has 90 valence electrons. The highest BCUT2D eigenvalue weighted by Gasteiger charge is 2.16. The van der Waals surface area contributed by atoms with Crippen LogP contribution in [0.5, 0.6) is 0 Å². The lowest BCUT2D eigenvalue weighted by atomic mass is 10.0. The van der Waals surface area contributed by atoms with Crippen molar-refractivity contribution >= 4 is 0 Å². The van der Waals surface area contributed by atoms with E-state index in [2.05, 4.69) is 10.3 Å². The largest absolute Gasteiger partial charge is 0.395 e. The van der Waals surface area contributed by atoms with Crippen molar-refractivity contribution < 1.29 is 9.50 Å². The van der Waals surface area contributed by atoms with Crippen LogP contribution >= 0.6 is 0 Å². The maximum atomic E-state index is 13.0. The Morgan fingerprint density at radius 3 is 2.56 bits per heavy atom. The number of nitrogens with one attached hydrogen (secondary N) is 1. The minimum atomic E-state index is -0.337. The fourth-order valence-corrected chi connectivity index (χ4v) is 1.54. The number of nitrogens with zero attached hydrogens (tertiary/aromatic N) is 1. The Morgan fingerprint density at radius 2 is 2.06 bits per heavy atom. The van der Waals surface area contributed by atoms with Gasteiger partial charge in [0.15, 0.2) is 0 Å². The molecule has 1 aromatic rings. The predicted octanol–water partition coefficient (Wildman–Crippen LogP) is 1.89. The lowest BCUT2D eigenvalue weighted by Crippen LogP contribution is -2.38. The van der Waals surface area contributed by atoms with Crippen LogP contribution < -0.4 is 5.32 Å². The SMILES string of the molecule is CC(N[C@H](CO)C(C)C)c1cncc(F)c1. The van der Waals surface area contributed by atoms with Crippen molar-refractivity contribution in [1.82, 2.24) is 10.3 Å². The molecule has 1 heterocycles. The van der Waals surface area contributed by atoms with Gasteiger partial charge < -0.3 is 10.4 Å². The highest BCUT2D eigenvalue weighted by molar-refractivity contribution is 5.14. The van der Waals surface area contributed by atoms with Crippen molar-refractivity contribution in [3.63, 3.8) is 0 Å². The Bertz CT molecular complexity index is 331. The molecule has 0 fully saturated rings. The van der Waals surface area contributed by atoms with Crippen LogP contribution in [0.4, 0.5) is 4.39 Å². The number of pyridine rings is 1. The van der Waals surface area contributed by atoms with Crippen molar-refractivity contribution in [3.8, 4) is 0 Å². The summed E-state index contributed by atoms with van der Waals surface area (Å²) in [4.78, 5) is 3.81. The maximum Gasteiger partial charge on any atom is 0.141 e. The van der Waals surface area contributed by atoms with E-state index in [1.165, 1.54) is 12.3 Å². The lowest BCUT2D eigenvalue weighted by Gasteiger charge is -2.24. The van der Waals surface area contributed by atoms with Crippen molar-refractivity contribution in [1.29, 1.82) is 0 Å². The summed E-state index contributed by atoms with van der Waals surface area (Å²) in [6, 6.07) is 1.44. The van der Waals surface area contributed by atoms with Crippen LogP contribution in [0.1, 0.15) is 32.4 Å². The summed E-state index contributed by atoms with van der Waals surface area (Å²) >= 11 is 0. The molecule has 4 heteroatoms. The molecule has 2 atom stereocenters. The number of aliphatic hydroxyl groups excluding tert-OH is 1. The second-order valence-electron chi connectivity index (χ2n) is 4.36. The first-order chi connectivity index (χ1) is 7.54. The highest BCUT2D eigenvalue weighted by atomic mass is 19.1. The molecule has 0 amide bonds. The van der Waals surface area contributed by atoms with Crippen molar-refractivity contribution in [2.75, 3.05) is 6.61 Å². The molecule has 1 unspecified atom stereocenters. The summed E-state index contributed by atoms with van der Waals surface area (Å²) in [5.41, 5.74) is 0.791. The average molecular weight is 226 g/mol. The Hall–Kier alpha value is -1.00. The third kappa shape index (κ3) is 3.54. The predicted molar refractivity (Wildman–Crippen MR) is 61.5 cm³/mol. The highest BCUT2D eigenvalue weighted by Crippen LogP contribution is 2.14. The smallest absolute Gasteiger partial charge is 0.141 e. The summed E-state index contributed by atoms with van der Waals surface area (Å²) in [7, 11) is 0. The van der Waals surface area contributed by atoms with E-state index in [-0.39, 0.29) is 24.5 Å².